The van der Waals surface area contributed by atoms with Gasteiger partial charge in [-0.3, -0.25) is 0 Å². The Balaban J connectivity index is 2.48. The smallest absolute Gasteiger partial charge is 0.169 e. The van der Waals surface area contributed by atoms with Gasteiger partial charge in [-0.05, 0) is 0 Å². The molecule has 0 bridgehead atoms. The summed E-state index contributed by atoms with van der Waals surface area (Å²) in [4.78, 5) is 8.55. The van der Waals surface area contributed by atoms with E-state index in [-0.39, 0.29) is 0 Å². The molecule has 2 rings (SSSR count). The lowest BCUT2D eigenvalue weighted by Crippen LogP contribution is -1.93. The molecule has 0 unspecified atom stereocenters. The molecule has 2 aromatic heterocycles. The average molecular weight is 193 g/mol. The number of fused-ring (bicyclic) bond motifs is 1. The van der Waals surface area contributed by atoms with Crippen molar-refractivity contribution in [3.63, 3.8) is 0 Å². The van der Waals surface area contributed by atoms with Crippen molar-refractivity contribution >= 4 is 17.4 Å². The standard InChI is InChI=1S/C9H11N3S/c1-7(2)13-9-8-10-3-5-12(8)6-4-11-9/h3-7H,1-2H3. The third-order valence-corrected chi connectivity index (χ3v) is 2.61. The summed E-state index contributed by atoms with van der Waals surface area (Å²) in [7, 11) is 0. The molecule has 4 heteroatoms. The first-order valence-corrected chi connectivity index (χ1v) is 5.09. The summed E-state index contributed by atoms with van der Waals surface area (Å²) < 4.78 is 1.98. The minimum absolute atomic E-state index is 0.537. The van der Waals surface area contributed by atoms with Crippen LogP contribution in [0.3, 0.4) is 0 Å². The van der Waals surface area contributed by atoms with E-state index in [1.807, 2.05) is 16.8 Å². The number of rotatable bonds is 2. The molecule has 0 N–H and O–H groups in total. The van der Waals surface area contributed by atoms with Crippen LogP contribution in [0.4, 0.5) is 0 Å². The van der Waals surface area contributed by atoms with Crippen LogP contribution >= 0.6 is 11.8 Å². The molecule has 13 heavy (non-hydrogen) atoms. The van der Waals surface area contributed by atoms with E-state index < -0.39 is 0 Å². The van der Waals surface area contributed by atoms with Crippen molar-refractivity contribution in [3.05, 3.63) is 24.8 Å². The van der Waals surface area contributed by atoms with Crippen LogP contribution in [0.15, 0.2) is 29.8 Å². The van der Waals surface area contributed by atoms with Crippen LogP contribution in [0.25, 0.3) is 5.65 Å². The molecule has 0 aliphatic heterocycles. The maximum absolute atomic E-state index is 4.30. The molecule has 0 atom stereocenters. The van der Waals surface area contributed by atoms with E-state index >= 15 is 0 Å². The summed E-state index contributed by atoms with van der Waals surface area (Å²) in [5, 5.41) is 1.54. The Morgan fingerprint density at radius 1 is 1.23 bits per heavy atom. The van der Waals surface area contributed by atoms with Crippen LogP contribution in [0.1, 0.15) is 13.8 Å². The van der Waals surface area contributed by atoms with Crippen LogP contribution in [-0.4, -0.2) is 19.6 Å². The van der Waals surface area contributed by atoms with Gasteiger partial charge in [-0.1, -0.05) is 25.6 Å². The summed E-state index contributed by atoms with van der Waals surface area (Å²) in [6, 6.07) is 0. The number of thioether (sulfide) groups is 1. The molecule has 0 aliphatic carbocycles. The van der Waals surface area contributed by atoms with Crippen LogP contribution in [0, 0.1) is 0 Å². The van der Waals surface area contributed by atoms with Gasteiger partial charge >= 0.3 is 0 Å². The van der Waals surface area contributed by atoms with Crippen molar-refractivity contribution in [2.45, 2.75) is 24.1 Å². The summed E-state index contributed by atoms with van der Waals surface area (Å²) in [6.45, 7) is 4.30. The second kappa shape index (κ2) is 3.38. The van der Waals surface area contributed by atoms with Crippen molar-refractivity contribution < 1.29 is 0 Å². The van der Waals surface area contributed by atoms with Gasteiger partial charge in [-0.25, -0.2) is 9.97 Å². The van der Waals surface area contributed by atoms with Crippen molar-refractivity contribution in [1.82, 2.24) is 14.4 Å². The zero-order chi connectivity index (χ0) is 9.26. The molecule has 3 nitrogen and oxygen atoms in total. The monoisotopic (exact) mass is 193 g/mol. The third kappa shape index (κ3) is 1.67. The summed E-state index contributed by atoms with van der Waals surface area (Å²) in [5.74, 6) is 0. The molecular formula is C9H11N3S. The molecule has 0 fully saturated rings. The minimum atomic E-state index is 0.537. The van der Waals surface area contributed by atoms with Gasteiger partial charge in [-0.15, -0.1) is 0 Å². The third-order valence-electron chi connectivity index (χ3n) is 1.63. The zero-order valence-corrected chi connectivity index (χ0v) is 8.45. The van der Waals surface area contributed by atoms with Gasteiger partial charge in [0.1, 0.15) is 5.03 Å². The Morgan fingerprint density at radius 2 is 1.92 bits per heavy atom. The van der Waals surface area contributed by atoms with E-state index in [4.69, 9.17) is 0 Å². The largest absolute Gasteiger partial charge is 0.303 e. The number of aromatic nitrogens is 3. The van der Waals surface area contributed by atoms with Crippen LogP contribution in [0.5, 0.6) is 0 Å². The maximum atomic E-state index is 4.30. The van der Waals surface area contributed by atoms with Crippen LogP contribution in [0.2, 0.25) is 0 Å². The first-order valence-electron chi connectivity index (χ1n) is 4.21. The van der Waals surface area contributed by atoms with Crippen molar-refractivity contribution in [3.8, 4) is 0 Å². The number of hydrogen-bond acceptors (Lipinski definition) is 3. The highest BCUT2D eigenvalue weighted by molar-refractivity contribution is 8.00. The molecule has 68 valence electrons. The van der Waals surface area contributed by atoms with E-state index in [1.54, 1.807) is 24.2 Å². The Kier molecular flexibility index (Phi) is 2.22. The highest BCUT2D eigenvalue weighted by atomic mass is 32.2. The molecule has 0 saturated carbocycles. The normalized spacial score (nSPS) is 11.3. The Labute approximate surface area is 81.2 Å². The van der Waals surface area contributed by atoms with Crippen molar-refractivity contribution in [2.75, 3.05) is 0 Å². The fourth-order valence-corrected chi connectivity index (χ4v) is 1.97. The second-order valence-corrected chi connectivity index (χ2v) is 4.62. The molecule has 0 saturated heterocycles. The van der Waals surface area contributed by atoms with E-state index in [1.165, 1.54) is 0 Å². The molecule has 0 spiro atoms. The van der Waals surface area contributed by atoms with E-state index in [9.17, 15) is 0 Å². The van der Waals surface area contributed by atoms with Crippen LogP contribution in [-0.2, 0) is 0 Å². The van der Waals surface area contributed by atoms with E-state index in [0.29, 0.717) is 5.25 Å². The van der Waals surface area contributed by atoms with Crippen molar-refractivity contribution in [1.29, 1.82) is 0 Å². The minimum Gasteiger partial charge on any atom is -0.303 e. The van der Waals surface area contributed by atoms with E-state index in [2.05, 4.69) is 23.8 Å². The average Bonchev–Trinajstić information content (AvgIpc) is 2.51. The first kappa shape index (κ1) is 8.56. The lowest BCUT2D eigenvalue weighted by molar-refractivity contribution is 1.02. The fraction of sp³-hybridized carbons (Fsp3) is 0.333. The summed E-state index contributed by atoms with van der Waals surface area (Å²) in [6.07, 6.45) is 7.44. The highest BCUT2D eigenvalue weighted by Gasteiger charge is 2.05. The predicted molar refractivity (Wildman–Crippen MR) is 54.0 cm³/mol. The fourth-order valence-electron chi connectivity index (χ4n) is 1.14. The lowest BCUT2D eigenvalue weighted by atomic mass is 10.6. The van der Waals surface area contributed by atoms with Crippen molar-refractivity contribution in [2.24, 2.45) is 0 Å². The Morgan fingerprint density at radius 3 is 2.62 bits per heavy atom. The van der Waals surface area contributed by atoms with Crippen LogP contribution < -0.4 is 0 Å². The Bertz CT molecular complexity index is 408. The Hall–Kier alpha value is -1.03. The molecule has 2 aromatic rings. The van der Waals surface area contributed by atoms with Gasteiger partial charge in [0.05, 0.1) is 0 Å². The van der Waals surface area contributed by atoms with Gasteiger partial charge in [0.25, 0.3) is 0 Å². The SMILES string of the molecule is CC(C)Sc1nccn2ccnc12. The summed E-state index contributed by atoms with van der Waals surface area (Å²) >= 11 is 1.74. The zero-order valence-electron chi connectivity index (χ0n) is 7.64. The van der Waals surface area contributed by atoms with Gasteiger partial charge in [-0.2, -0.15) is 0 Å². The maximum Gasteiger partial charge on any atom is 0.169 e. The quantitative estimate of drug-likeness (QED) is 0.685. The predicted octanol–water partition coefficient (Wildman–Crippen LogP) is 2.23. The molecular weight excluding hydrogens is 182 g/mol. The van der Waals surface area contributed by atoms with Gasteiger partial charge in [0.2, 0.25) is 0 Å². The van der Waals surface area contributed by atoms with Gasteiger partial charge < -0.3 is 4.40 Å². The van der Waals surface area contributed by atoms with Gasteiger partial charge in [0, 0.05) is 30.0 Å². The lowest BCUT2D eigenvalue weighted by Gasteiger charge is -2.04. The molecule has 0 aromatic carbocycles. The molecule has 0 aliphatic rings. The number of nitrogens with zero attached hydrogens (tertiary/aromatic N) is 3. The topological polar surface area (TPSA) is 30.2 Å². The second-order valence-electron chi connectivity index (χ2n) is 3.06. The number of hydrogen-bond donors (Lipinski definition) is 0. The van der Waals surface area contributed by atoms with Gasteiger partial charge in [0.15, 0.2) is 5.65 Å². The van der Waals surface area contributed by atoms with E-state index in [0.717, 1.165) is 10.7 Å². The number of imidazole rings is 1. The molecule has 2 heterocycles. The summed E-state index contributed by atoms with van der Waals surface area (Å²) in [5.41, 5.74) is 0.946. The molecule has 0 amide bonds. The first-order chi connectivity index (χ1) is 6.27. The molecule has 0 radical (unpaired) electrons. The highest BCUT2D eigenvalue weighted by Crippen LogP contribution is 2.23.